The number of carboxylic acids is 1. The van der Waals surface area contributed by atoms with E-state index in [-0.39, 0.29) is 17.9 Å². The van der Waals surface area contributed by atoms with Gasteiger partial charge in [0.05, 0.1) is 18.6 Å². The van der Waals surface area contributed by atoms with E-state index in [1.807, 2.05) is 6.92 Å². The van der Waals surface area contributed by atoms with Crippen LogP contribution in [0, 0.1) is 0 Å². The number of carbonyl (C=O) groups is 2. The van der Waals surface area contributed by atoms with E-state index in [1.165, 1.54) is 6.07 Å². The second kappa shape index (κ2) is 7.53. The third-order valence-corrected chi connectivity index (χ3v) is 2.89. The maximum Gasteiger partial charge on any atom is 0.335 e. The number of likely N-dealkylation sites (N-methyl/N-ethyl adjacent to an activating group) is 1. The van der Waals surface area contributed by atoms with E-state index in [4.69, 9.17) is 9.84 Å². The number of carbonyl (C=O) groups excluding carboxylic acids is 1. The van der Waals surface area contributed by atoms with Crippen LogP contribution in [-0.4, -0.2) is 48.7 Å². The molecule has 5 heteroatoms. The van der Waals surface area contributed by atoms with Crippen LogP contribution in [0.5, 0.6) is 0 Å². The molecule has 1 aromatic rings. The number of benzene rings is 1. The molecule has 0 heterocycles. The molecule has 0 saturated heterocycles. The molecule has 0 aliphatic carbocycles. The van der Waals surface area contributed by atoms with Gasteiger partial charge in [-0.15, -0.1) is 0 Å². The van der Waals surface area contributed by atoms with Crippen molar-refractivity contribution in [2.24, 2.45) is 0 Å². The summed E-state index contributed by atoms with van der Waals surface area (Å²) in [6.07, 6.45) is 0.0972. The zero-order chi connectivity index (χ0) is 14.3. The van der Waals surface area contributed by atoms with Crippen molar-refractivity contribution in [1.29, 1.82) is 0 Å². The van der Waals surface area contributed by atoms with Crippen molar-refractivity contribution in [3.05, 3.63) is 35.4 Å². The van der Waals surface area contributed by atoms with E-state index < -0.39 is 5.97 Å². The average molecular weight is 265 g/mol. The lowest BCUT2D eigenvalue weighted by molar-refractivity contribution is -0.130. The molecule has 0 saturated carbocycles. The molecule has 0 radical (unpaired) electrons. The molecule has 104 valence electrons. The van der Waals surface area contributed by atoms with Crippen molar-refractivity contribution in [2.75, 3.05) is 26.8 Å². The van der Waals surface area contributed by atoms with Crippen molar-refractivity contribution < 1.29 is 19.4 Å². The smallest absolute Gasteiger partial charge is 0.335 e. The van der Waals surface area contributed by atoms with E-state index in [2.05, 4.69) is 0 Å². The van der Waals surface area contributed by atoms with Gasteiger partial charge in [-0.05, 0) is 18.6 Å². The van der Waals surface area contributed by atoms with Crippen molar-refractivity contribution in [2.45, 2.75) is 13.3 Å². The van der Waals surface area contributed by atoms with Gasteiger partial charge in [0.2, 0.25) is 5.91 Å². The Morgan fingerprint density at radius 3 is 2.58 bits per heavy atom. The third-order valence-electron chi connectivity index (χ3n) is 2.89. The number of aromatic carboxylic acids is 1. The number of hydrogen-bond donors (Lipinski definition) is 1. The van der Waals surface area contributed by atoms with Crippen molar-refractivity contribution >= 4 is 11.9 Å². The van der Waals surface area contributed by atoms with E-state index in [0.717, 1.165) is 0 Å². The van der Waals surface area contributed by atoms with Crippen LogP contribution in [0.4, 0.5) is 0 Å². The summed E-state index contributed by atoms with van der Waals surface area (Å²) in [6, 6.07) is 6.57. The lowest BCUT2D eigenvalue weighted by Gasteiger charge is -2.20. The van der Waals surface area contributed by atoms with Gasteiger partial charge < -0.3 is 14.7 Å². The fourth-order valence-corrected chi connectivity index (χ4v) is 1.82. The van der Waals surface area contributed by atoms with Crippen LogP contribution in [0.2, 0.25) is 0 Å². The molecule has 1 aromatic carbocycles. The van der Waals surface area contributed by atoms with Gasteiger partial charge in [-0.25, -0.2) is 4.79 Å². The van der Waals surface area contributed by atoms with Gasteiger partial charge in [0.15, 0.2) is 0 Å². The summed E-state index contributed by atoms with van der Waals surface area (Å²) in [4.78, 5) is 24.8. The number of hydrogen-bond acceptors (Lipinski definition) is 3. The predicted molar refractivity (Wildman–Crippen MR) is 71.2 cm³/mol. The topological polar surface area (TPSA) is 66.8 Å². The highest BCUT2D eigenvalue weighted by atomic mass is 16.5. The molecule has 0 aliphatic rings. The fourth-order valence-electron chi connectivity index (χ4n) is 1.82. The number of amides is 1. The van der Waals surface area contributed by atoms with Crippen LogP contribution < -0.4 is 0 Å². The molecular formula is C14H19NO4. The summed E-state index contributed by atoms with van der Waals surface area (Å²) >= 11 is 0. The van der Waals surface area contributed by atoms with Crippen LogP contribution in [0.3, 0.4) is 0 Å². The number of methoxy groups -OCH3 is 1. The van der Waals surface area contributed by atoms with E-state index in [9.17, 15) is 9.59 Å². The minimum atomic E-state index is -1.01. The number of rotatable bonds is 7. The largest absolute Gasteiger partial charge is 0.478 e. The second-order valence-electron chi connectivity index (χ2n) is 4.11. The summed E-state index contributed by atoms with van der Waals surface area (Å²) in [5.41, 5.74) is 0.717. The number of carboxylic acid groups (broad SMARTS) is 1. The van der Waals surface area contributed by atoms with Gasteiger partial charge in [-0.1, -0.05) is 18.2 Å². The summed E-state index contributed by atoms with van der Waals surface area (Å²) in [5, 5.41) is 9.07. The Balaban J connectivity index is 2.78. The summed E-state index contributed by atoms with van der Waals surface area (Å²) in [6.45, 7) is 3.45. The minimum Gasteiger partial charge on any atom is -0.478 e. The molecule has 0 atom stereocenters. The molecule has 0 unspecified atom stereocenters. The third kappa shape index (κ3) is 4.37. The first kappa shape index (κ1) is 15.2. The Kier molecular flexibility index (Phi) is 6.02. The fraction of sp³-hybridized carbons (Fsp3) is 0.429. The van der Waals surface area contributed by atoms with Crippen LogP contribution in [0.1, 0.15) is 22.8 Å². The molecule has 0 fully saturated rings. The Morgan fingerprint density at radius 2 is 2.00 bits per heavy atom. The zero-order valence-electron chi connectivity index (χ0n) is 11.3. The SMILES string of the molecule is CCN(CCOC)C(=O)Cc1ccccc1C(=O)O. The van der Waals surface area contributed by atoms with Crippen molar-refractivity contribution in [3.8, 4) is 0 Å². The van der Waals surface area contributed by atoms with Gasteiger partial charge in [-0.3, -0.25) is 4.79 Å². The lowest BCUT2D eigenvalue weighted by atomic mass is 10.0. The molecule has 1 N–H and O–H groups in total. The molecular weight excluding hydrogens is 246 g/mol. The minimum absolute atomic E-state index is 0.0896. The maximum atomic E-state index is 12.1. The average Bonchev–Trinajstić information content (AvgIpc) is 2.40. The van der Waals surface area contributed by atoms with Gasteiger partial charge in [-0.2, -0.15) is 0 Å². The predicted octanol–water partition coefficient (Wildman–Crippen LogP) is 1.42. The van der Waals surface area contributed by atoms with Gasteiger partial charge in [0.1, 0.15) is 0 Å². The van der Waals surface area contributed by atoms with Crippen molar-refractivity contribution in [3.63, 3.8) is 0 Å². The summed E-state index contributed by atoms with van der Waals surface area (Å²) in [7, 11) is 1.58. The molecule has 0 aliphatic heterocycles. The Morgan fingerprint density at radius 1 is 1.32 bits per heavy atom. The first-order valence-corrected chi connectivity index (χ1v) is 6.18. The standard InChI is InChI=1S/C14H19NO4/c1-3-15(8-9-19-2)13(16)10-11-6-4-5-7-12(11)14(17)18/h4-7H,3,8-10H2,1-2H3,(H,17,18). The molecule has 0 spiro atoms. The van der Waals surface area contributed by atoms with E-state index in [0.29, 0.717) is 25.3 Å². The van der Waals surface area contributed by atoms with Crippen LogP contribution in [-0.2, 0) is 16.0 Å². The Labute approximate surface area is 112 Å². The van der Waals surface area contributed by atoms with Gasteiger partial charge in [0.25, 0.3) is 0 Å². The molecule has 1 amide bonds. The molecule has 5 nitrogen and oxygen atoms in total. The van der Waals surface area contributed by atoms with Crippen LogP contribution in [0.25, 0.3) is 0 Å². The summed E-state index contributed by atoms with van der Waals surface area (Å²) in [5.74, 6) is -1.10. The van der Waals surface area contributed by atoms with Gasteiger partial charge in [0, 0.05) is 20.2 Å². The Bertz CT molecular complexity index is 445. The second-order valence-corrected chi connectivity index (χ2v) is 4.11. The Hall–Kier alpha value is -1.88. The van der Waals surface area contributed by atoms with Gasteiger partial charge >= 0.3 is 5.97 Å². The summed E-state index contributed by atoms with van der Waals surface area (Å²) < 4.78 is 4.95. The maximum absolute atomic E-state index is 12.1. The number of ether oxygens (including phenoxy) is 1. The molecule has 19 heavy (non-hydrogen) atoms. The zero-order valence-corrected chi connectivity index (χ0v) is 11.3. The normalized spacial score (nSPS) is 10.2. The van der Waals surface area contributed by atoms with Crippen molar-refractivity contribution in [1.82, 2.24) is 4.90 Å². The monoisotopic (exact) mass is 265 g/mol. The first-order valence-electron chi connectivity index (χ1n) is 6.18. The van der Waals surface area contributed by atoms with Crippen LogP contribution >= 0.6 is 0 Å². The van der Waals surface area contributed by atoms with Crippen LogP contribution in [0.15, 0.2) is 24.3 Å². The lowest BCUT2D eigenvalue weighted by Crippen LogP contribution is -2.35. The quantitative estimate of drug-likeness (QED) is 0.809. The number of nitrogens with zero attached hydrogens (tertiary/aromatic N) is 1. The van der Waals surface area contributed by atoms with E-state index >= 15 is 0 Å². The highest BCUT2D eigenvalue weighted by Gasteiger charge is 2.16. The highest BCUT2D eigenvalue weighted by Crippen LogP contribution is 2.11. The van der Waals surface area contributed by atoms with E-state index in [1.54, 1.807) is 30.2 Å². The molecule has 0 aromatic heterocycles. The molecule has 0 bridgehead atoms. The highest BCUT2D eigenvalue weighted by molar-refractivity contribution is 5.91. The first-order chi connectivity index (χ1) is 9.10. The molecule has 1 rings (SSSR count).